The van der Waals surface area contributed by atoms with Crippen LogP contribution < -0.4 is 0 Å². The average Bonchev–Trinajstić information content (AvgIpc) is 2.49. The van der Waals surface area contributed by atoms with Crippen molar-refractivity contribution in [3.63, 3.8) is 0 Å². The summed E-state index contributed by atoms with van der Waals surface area (Å²) in [4.78, 5) is 0. The Morgan fingerprint density at radius 3 is 2.15 bits per heavy atom. The molecule has 0 saturated heterocycles. The molecule has 0 bridgehead atoms. The van der Waals surface area contributed by atoms with Crippen LogP contribution in [0.5, 0.6) is 0 Å². The summed E-state index contributed by atoms with van der Waals surface area (Å²) < 4.78 is 0. The first-order valence-corrected chi connectivity index (χ1v) is 5.57. The van der Waals surface area contributed by atoms with Gasteiger partial charge in [-0.15, -0.1) is 0 Å². The van der Waals surface area contributed by atoms with Gasteiger partial charge < -0.3 is 10.2 Å². The summed E-state index contributed by atoms with van der Waals surface area (Å²) in [7, 11) is 0. The molecule has 2 N–H and O–H groups in total. The Kier molecular flexibility index (Phi) is 2.61. The zero-order chi connectivity index (χ0) is 9.31. The maximum Gasteiger partial charge on any atom is 0.0646 e. The second-order valence-electron chi connectivity index (χ2n) is 4.86. The molecule has 2 nitrogen and oxygen atoms in total. The van der Waals surface area contributed by atoms with Crippen molar-refractivity contribution in [3.8, 4) is 0 Å². The lowest BCUT2D eigenvalue weighted by Gasteiger charge is -2.41. The van der Waals surface area contributed by atoms with Gasteiger partial charge in [-0.2, -0.15) is 0 Å². The van der Waals surface area contributed by atoms with Crippen molar-refractivity contribution in [1.29, 1.82) is 0 Å². The molecule has 1 atom stereocenters. The van der Waals surface area contributed by atoms with E-state index in [1.54, 1.807) is 0 Å². The van der Waals surface area contributed by atoms with E-state index in [1.807, 2.05) is 0 Å². The van der Waals surface area contributed by atoms with Gasteiger partial charge in [0.15, 0.2) is 0 Å². The molecule has 13 heavy (non-hydrogen) atoms. The molecule has 2 fully saturated rings. The summed E-state index contributed by atoms with van der Waals surface area (Å²) in [5, 5.41) is 19.6. The highest BCUT2D eigenvalue weighted by Crippen LogP contribution is 2.46. The largest absolute Gasteiger partial charge is 0.396 e. The summed E-state index contributed by atoms with van der Waals surface area (Å²) in [5.41, 5.74) is -0.120. The van der Waals surface area contributed by atoms with E-state index in [0.717, 1.165) is 12.8 Å². The summed E-state index contributed by atoms with van der Waals surface area (Å²) in [5.74, 6) is 0.491. The molecule has 2 saturated carbocycles. The molecule has 0 aromatic heterocycles. The van der Waals surface area contributed by atoms with Gasteiger partial charge in [-0.05, 0) is 31.6 Å². The standard InChI is InChI=1S/C11H20O2/c12-8-11(6-1-2-7-11)10(13)9-4-3-5-9/h9-10,12-13H,1-8H2/t10-/m0/s1. The van der Waals surface area contributed by atoms with E-state index in [0.29, 0.717) is 5.92 Å². The zero-order valence-electron chi connectivity index (χ0n) is 8.21. The van der Waals surface area contributed by atoms with Crippen molar-refractivity contribution in [2.75, 3.05) is 6.61 Å². The number of aliphatic hydroxyl groups excluding tert-OH is 2. The molecular weight excluding hydrogens is 164 g/mol. The first-order chi connectivity index (χ1) is 6.28. The highest BCUT2D eigenvalue weighted by Gasteiger charge is 2.44. The van der Waals surface area contributed by atoms with Crippen molar-refractivity contribution < 1.29 is 10.2 Å². The van der Waals surface area contributed by atoms with Gasteiger partial charge in [-0.3, -0.25) is 0 Å². The third kappa shape index (κ3) is 1.50. The minimum absolute atomic E-state index is 0.120. The lowest BCUT2D eigenvalue weighted by atomic mass is 9.68. The van der Waals surface area contributed by atoms with Crippen molar-refractivity contribution >= 4 is 0 Å². The van der Waals surface area contributed by atoms with Crippen LogP contribution in [0.25, 0.3) is 0 Å². The van der Waals surface area contributed by atoms with E-state index in [1.165, 1.54) is 32.1 Å². The van der Waals surface area contributed by atoms with Crippen LogP contribution in [-0.4, -0.2) is 22.9 Å². The van der Waals surface area contributed by atoms with Crippen LogP contribution in [0.15, 0.2) is 0 Å². The molecule has 76 valence electrons. The smallest absolute Gasteiger partial charge is 0.0646 e. The zero-order valence-corrected chi connectivity index (χ0v) is 8.21. The Bertz CT molecular complexity index is 169. The lowest BCUT2D eigenvalue weighted by Crippen LogP contribution is -2.43. The molecule has 2 aliphatic carbocycles. The Balaban J connectivity index is 2.01. The SMILES string of the molecule is OCC1([C@@H](O)C2CCC2)CCCC1. The van der Waals surface area contributed by atoms with Crippen molar-refractivity contribution in [2.24, 2.45) is 11.3 Å². The molecule has 2 rings (SSSR count). The predicted octanol–water partition coefficient (Wildman–Crippen LogP) is 1.70. The minimum Gasteiger partial charge on any atom is -0.396 e. The molecule has 0 heterocycles. The van der Waals surface area contributed by atoms with Gasteiger partial charge in [0.25, 0.3) is 0 Å². The van der Waals surface area contributed by atoms with Gasteiger partial charge in [0.05, 0.1) is 12.7 Å². The second kappa shape index (κ2) is 3.58. The Hall–Kier alpha value is -0.0800. The Labute approximate surface area is 80.0 Å². The van der Waals surface area contributed by atoms with E-state index in [2.05, 4.69) is 0 Å². The fraction of sp³-hybridized carbons (Fsp3) is 1.00. The van der Waals surface area contributed by atoms with Gasteiger partial charge in [0.1, 0.15) is 0 Å². The van der Waals surface area contributed by atoms with Crippen LogP contribution in [-0.2, 0) is 0 Å². The molecule has 2 heteroatoms. The van der Waals surface area contributed by atoms with Gasteiger partial charge >= 0.3 is 0 Å². The van der Waals surface area contributed by atoms with Gasteiger partial charge in [-0.1, -0.05) is 19.3 Å². The summed E-state index contributed by atoms with van der Waals surface area (Å²) in [6, 6.07) is 0. The third-order valence-electron chi connectivity index (χ3n) is 4.14. The number of aliphatic hydroxyl groups is 2. The number of hydrogen-bond donors (Lipinski definition) is 2. The van der Waals surface area contributed by atoms with E-state index in [9.17, 15) is 10.2 Å². The first-order valence-electron chi connectivity index (χ1n) is 5.57. The topological polar surface area (TPSA) is 40.5 Å². The Morgan fingerprint density at radius 1 is 1.15 bits per heavy atom. The normalized spacial score (nSPS) is 30.0. The fourth-order valence-electron chi connectivity index (χ4n) is 2.88. The molecular formula is C11H20O2. The quantitative estimate of drug-likeness (QED) is 0.701. The highest BCUT2D eigenvalue weighted by molar-refractivity contribution is 4.95. The highest BCUT2D eigenvalue weighted by atomic mass is 16.3. The molecule has 0 spiro atoms. The van der Waals surface area contributed by atoms with Gasteiger partial charge in [0, 0.05) is 5.41 Å². The summed E-state index contributed by atoms with van der Waals surface area (Å²) in [6.07, 6.45) is 7.81. The summed E-state index contributed by atoms with van der Waals surface area (Å²) >= 11 is 0. The summed E-state index contributed by atoms with van der Waals surface area (Å²) in [6.45, 7) is 0.185. The maximum atomic E-state index is 10.2. The molecule has 0 aliphatic heterocycles. The van der Waals surface area contributed by atoms with Gasteiger partial charge in [-0.25, -0.2) is 0 Å². The fourth-order valence-corrected chi connectivity index (χ4v) is 2.88. The first kappa shape index (κ1) is 9.47. The molecule has 0 radical (unpaired) electrons. The molecule has 0 amide bonds. The molecule has 0 unspecified atom stereocenters. The van der Waals surface area contributed by atoms with E-state index in [-0.39, 0.29) is 18.1 Å². The molecule has 0 aromatic rings. The monoisotopic (exact) mass is 184 g/mol. The van der Waals surface area contributed by atoms with E-state index in [4.69, 9.17) is 0 Å². The van der Waals surface area contributed by atoms with Crippen molar-refractivity contribution in [1.82, 2.24) is 0 Å². The maximum absolute atomic E-state index is 10.2. The Morgan fingerprint density at radius 2 is 1.77 bits per heavy atom. The lowest BCUT2D eigenvalue weighted by molar-refractivity contribution is -0.0679. The van der Waals surface area contributed by atoms with Crippen LogP contribution in [0.2, 0.25) is 0 Å². The second-order valence-corrected chi connectivity index (χ2v) is 4.86. The van der Waals surface area contributed by atoms with Crippen molar-refractivity contribution in [3.05, 3.63) is 0 Å². The van der Waals surface area contributed by atoms with Crippen LogP contribution >= 0.6 is 0 Å². The number of hydrogen-bond acceptors (Lipinski definition) is 2. The van der Waals surface area contributed by atoms with Gasteiger partial charge in [0.2, 0.25) is 0 Å². The van der Waals surface area contributed by atoms with Crippen molar-refractivity contribution in [2.45, 2.75) is 51.0 Å². The van der Waals surface area contributed by atoms with E-state index >= 15 is 0 Å². The minimum atomic E-state index is -0.228. The predicted molar refractivity (Wildman–Crippen MR) is 51.3 cm³/mol. The van der Waals surface area contributed by atoms with Crippen LogP contribution in [0, 0.1) is 11.3 Å². The van der Waals surface area contributed by atoms with Crippen LogP contribution in [0.3, 0.4) is 0 Å². The van der Waals surface area contributed by atoms with Crippen LogP contribution in [0.1, 0.15) is 44.9 Å². The average molecular weight is 184 g/mol. The van der Waals surface area contributed by atoms with E-state index < -0.39 is 0 Å². The number of rotatable bonds is 3. The third-order valence-corrected chi connectivity index (χ3v) is 4.14. The molecule has 2 aliphatic rings. The van der Waals surface area contributed by atoms with Crippen LogP contribution in [0.4, 0.5) is 0 Å². The molecule has 0 aromatic carbocycles.